The van der Waals surface area contributed by atoms with Crippen molar-refractivity contribution in [2.24, 2.45) is 0 Å². The van der Waals surface area contributed by atoms with Crippen LogP contribution in [0.3, 0.4) is 0 Å². The van der Waals surface area contributed by atoms with Crippen molar-refractivity contribution in [2.75, 3.05) is 32.0 Å². The zero-order valence-electron chi connectivity index (χ0n) is 11.7. The summed E-state index contributed by atoms with van der Waals surface area (Å²) in [5, 5.41) is 10.9. The number of hydrogen-bond acceptors (Lipinski definition) is 5. The van der Waals surface area contributed by atoms with Crippen LogP contribution in [0, 0.1) is 0 Å². The van der Waals surface area contributed by atoms with Gasteiger partial charge in [0.2, 0.25) is 0 Å². The zero-order chi connectivity index (χ0) is 15.5. The lowest BCUT2D eigenvalue weighted by atomic mass is 10.2. The molecule has 120 valence electrons. The topological polar surface area (TPSA) is 113 Å². The van der Waals surface area contributed by atoms with Gasteiger partial charge in [-0.2, -0.15) is 0 Å². The number of carbonyl (C=O) groups is 2. The van der Waals surface area contributed by atoms with Crippen LogP contribution in [0.4, 0.5) is 4.79 Å². The number of carboxylic acid groups (broad SMARTS) is 1. The summed E-state index contributed by atoms with van der Waals surface area (Å²) in [5.41, 5.74) is 0. The number of carbonyl (C=O) groups excluding carboxylic acids is 1. The standard InChI is InChI=1S/C12H20N2O6S/c15-11(16)6-9-8-14(3-4-20-9)12(17)13-7-10-2-1-5-21(10,18)19/h9-10H,1-8H2,(H,13,17)(H,15,16). The summed E-state index contributed by atoms with van der Waals surface area (Å²) in [6.45, 7) is 0.976. The van der Waals surface area contributed by atoms with Gasteiger partial charge in [0.25, 0.3) is 0 Å². The van der Waals surface area contributed by atoms with Gasteiger partial charge in [0.1, 0.15) is 0 Å². The summed E-state index contributed by atoms with van der Waals surface area (Å²) >= 11 is 0. The van der Waals surface area contributed by atoms with Crippen molar-refractivity contribution in [1.82, 2.24) is 10.2 Å². The number of carboxylic acids is 1. The third-order valence-electron chi connectivity index (χ3n) is 3.77. The van der Waals surface area contributed by atoms with Crippen LogP contribution in [0.2, 0.25) is 0 Å². The fourth-order valence-electron chi connectivity index (χ4n) is 2.62. The summed E-state index contributed by atoms with van der Waals surface area (Å²) in [6, 6.07) is -0.365. The van der Waals surface area contributed by atoms with Gasteiger partial charge in [-0.15, -0.1) is 0 Å². The highest BCUT2D eigenvalue weighted by atomic mass is 32.2. The van der Waals surface area contributed by atoms with Crippen molar-refractivity contribution in [3.8, 4) is 0 Å². The van der Waals surface area contributed by atoms with E-state index in [1.807, 2.05) is 0 Å². The summed E-state index contributed by atoms with van der Waals surface area (Å²) in [4.78, 5) is 24.1. The second-order valence-electron chi connectivity index (χ2n) is 5.35. The van der Waals surface area contributed by atoms with E-state index in [0.717, 1.165) is 0 Å². The van der Waals surface area contributed by atoms with E-state index in [2.05, 4.69) is 5.32 Å². The molecular weight excluding hydrogens is 300 g/mol. The average molecular weight is 320 g/mol. The lowest BCUT2D eigenvalue weighted by Crippen LogP contribution is -2.51. The van der Waals surface area contributed by atoms with E-state index in [4.69, 9.17) is 9.84 Å². The quantitative estimate of drug-likeness (QED) is 0.718. The van der Waals surface area contributed by atoms with Gasteiger partial charge < -0.3 is 20.1 Å². The van der Waals surface area contributed by atoms with Crippen LogP contribution in [0.5, 0.6) is 0 Å². The Bertz CT molecular complexity index is 506. The molecule has 0 saturated carbocycles. The number of nitrogens with one attached hydrogen (secondary N) is 1. The molecule has 2 atom stereocenters. The van der Waals surface area contributed by atoms with E-state index >= 15 is 0 Å². The number of morpholine rings is 1. The summed E-state index contributed by atoms with van der Waals surface area (Å²) in [7, 11) is -3.08. The summed E-state index contributed by atoms with van der Waals surface area (Å²) in [5.74, 6) is -0.787. The molecule has 0 aromatic heterocycles. The maximum atomic E-state index is 12.0. The number of amides is 2. The van der Waals surface area contributed by atoms with E-state index < -0.39 is 27.2 Å². The molecule has 0 aliphatic carbocycles. The molecule has 0 radical (unpaired) electrons. The third kappa shape index (κ3) is 4.31. The third-order valence-corrected chi connectivity index (χ3v) is 6.05. The Kier molecular flexibility index (Phi) is 5.04. The van der Waals surface area contributed by atoms with Gasteiger partial charge in [0, 0.05) is 19.6 Å². The zero-order valence-corrected chi connectivity index (χ0v) is 12.5. The number of rotatable bonds is 4. The molecule has 0 aromatic rings. The number of hydrogen-bond donors (Lipinski definition) is 2. The average Bonchev–Trinajstić information content (AvgIpc) is 2.74. The summed E-state index contributed by atoms with van der Waals surface area (Å²) in [6.07, 6.45) is 0.548. The Morgan fingerprint density at radius 2 is 2.14 bits per heavy atom. The van der Waals surface area contributed by atoms with Gasteiger partial charge in [-0.1, -0.05) is 0 Å². The molecule has 0 spiro atoms. The lowest BCUT2D eigenvalue weighted by molar-refractivity contribution is -0.141. The molecule has 2 aliphatic rings. The molecule has 8 nitrogen and oxygen atoms in total. The lowest BCUT2D eigenvalue weighted by Gasteiger charge is -2.32. The number of ether oxygens (including phenoxy) is 1. The first-order valence-corrected chi connectivity index (χ1v) is 8.68. The molecule has 2 aliphatic heterocycles. The Morgan fingerprint density at radius 1 is 1.38 bits per heavy atom. The van der Waals surface area contributed by atoms with Crippen molar-refractivity contribution in [1.29, 1.82) is 0 Å². The molecular formula is C12H20N2O6S. The highest BCUT2D eigenvalue weighted by molar-refractivity contribution is 7.92. The molecule has 2 fully saturated rings. The Hall–Kier alpha value is -1.35. The highest BCUT2D eigenvalue weighted by Gasteiger charge is 2.32. The molecule has 9 heteroatoms. The molecule has 2 unspecified atom stereocenters. The molecule has 0 aromatic carbocycles. The monoisotopic (exact) mass is 320 g/mol. The van der Waals surface area contributed by atoms with Gasteiger partial charge >= 0.3 is 12.0 Å². The van der Waals surface area contributed by atoms with Gasteiger partial charge in [-0.25, -0.2) is 13.2 Å². The fourth-order valence-corrected chi connectivity index (χ4v) is 4.39. The van der Waals surface area contributed by atoms with Gasteiger partial charge in [-0.3, -0.25) is 4.79 Å². The predicted octanol–water partition coefficient (Wildman–Crippen LogP) is -0.551. The van der Waals surface area contributed by atoms with Crippen LogP contribution in [-0.2, 0) is 19.4 Å². The SMILES string of the molecule is O=C(O)CC1CN(C(=O)NCC2CCCS2(=O)=O)CCO1. The van der Waals surface area contributed by atoms with Crippen molar-refractivity contribution in [2.45, 2.75) is 30.6 Å². The normalized spacial score (nSPS) is 28.3. The second-order valence-corrected chi connectivity index (χ2v) is 7.75. The number of urea groups is 1. The molecule has 2 saturated heterocycles. The first-order valence-electron chi connectivity index (χ1n) is 6.96. The smallest absolute Gasteiger partial charge is 0.317 e. The van der Waals surface area contributed by atoms with Crippen molar-refractivity contribution >= 4 is 21.8 Å². The van der Waals surface area contributed by atoms with Crippen LogP contribution >= 0.6 is 0 Å². The van der Waals surface area contributed by atoms with E-state index in [-0.39, 0.29) is 37.9 Å². The number of nitrogens with zero attached hydrogens (tertiary/aromatic N) is 1. The molecule has 2 amide bonds. The van der Waals surface area contributed by atoms with Crippen LogP contribution in [0.1, 0.15) is 19.3 Å². The molecule has 2 N–H and O–H groups in total. The highest BCUT2D eigenvalue weighted by Crippen LogP contribution is 2.19. The Balaban J connectivity index is 1.81. The molecule has 2 heterocycles. The van der Waals surface area contributed by atoms with Gasteiger partial charge in [-0.05, 0) is 12.8 Å². The first kappa shape index (κ1) is 16.0. The second kappa shape index (κ2) is 6.61. The number of aliphatic carboxylic acids is 1. The van der Waals surface area contributed by atoms with E-state index in [9.17, 15) is 18.0 Å². The van der Waals surface area contributed by atoms with Crippen molar-refractivity contribution in [3.63, 3.8) is 0 Å². The van der Waals surface area contributed by atoms with E-state index in [1.54, 1.807) is 0 Å². The Morgan fingerprint density at radius 3 is 2.76 bits per heavy atom. The Labute approximate surface area is 123 Å². The first-order chi connectivity index (χ1) is 9.88. The maximum Gasteiger partial charge on any atom is 0.317 e. The minimum absolute atomic E-state index is 0.113. The van der Waals surface area contributed by atoms with Crippen molar-refractivity contribution in [3.05, 3.63) is 0 Å². The minimum Gasteiger partial charge on any atom is -0.481 e. The maximum absolute atomic E-state index is 12.0. The van der Waals surface area contributed by atoms with E-state index in [1.165, 1.54) is 4.90 Å². The van der Waals surface area contributed by atoms with Crippen LogP contribution in [0.25, 0.3) is 0 Å². The molecule has 21 heavy (non-hydrogen) atoms. The predicted molar refractivity (Wildman–Crippen MR) is 73.8 cm³/mol. The molecule has 0 bridgehead atoms. The minimum atomic E-state index is -3.08. The molecule has 2 rings (SSSR count). The summed E-state index contributed by atoms with van der Waals surface area (Å²) < 4.78 is 28.6. The largest absolute Gasteiger partial charge is 0.481 e. The van der Waals surface area contributed by atoms with Gasteiger partial charge in [0.05, 0.1) is 30.1 Å². The number of sulfone groups is 1. The van der Waals surface area contributed by atoms with Crippen LogP contribution in [-0.4, -0.2) is 73.8 Å². The van der Waals surface area contributed by atoms with Crippen LogP contribution in [0.15, 0.2) is 0 Å². The van der Waals surface area contributed by atoms with Crippen molar-refractivity contribution < 1.29 is 27.9 Å². The van der Waals surface area contributed by atoms with Crippen LogP contribution < -0.4 is 5.32 Å². The van der Waals surface area contributed by atoms with E-state index in [0.29, 0.717) is 19.4 Å². The fraction of sp³-hybridized carbons (Fsp3) is 0.833. The van der Waals surface area contributed by atoms with Gasteiger partial charge in [0.15, 0.2) is 9.84 Å².